The van der Waals surface area contributed by atoms with Crippen molar-refractivity contribution in [2.24, 2.45) is 0 Å². The van der Waals surface area contributed by atoms with E-state index in [0.717, 1.165) is 5.56 Å². The molecule has 0 saturated heterocycles. The number of hydrogen-bond donors (Lipinski definition) is 1. The number of nitrogens with one attached hydrogen (secondary N) is 1. The Labute approximate surface area is 95.6 Å². The molecule has 16 heavy (non-hydrogen) atoms. The van der Waals surface area contributed by atoms with Crippen LogP contribution in [0.5, 0.6) is 0 Å². The summed E-state index contributed by atoms with van der Waals surface area (Å²) in [6.45, 7) is 4.63. The third-order valence-electron chi connectivity index (χ3n) is 2.22. The molecule has 1 atom stereocenters. The van der Waals surface area contributed by atoms with E-state index in [0.29, 0.717) is 0 Å². The minimum atomic E-state index is -3.48. The van der Waals surface area contributed by atoms with E-state index in [1.807, 2.05) is 6.92 Å². The van der Waals surface area contributed by atoms with E-state index in [-0.39, 0.29) is 10.8 Å². The Morgan fingerprint density at radius 1 is 1.25 bits per heavy atom. The first-order valence-electron chi connectivity index (χ1n) is 4.91. The van der Waals surface area contributed by atoms with Gasteiger partial charge in [-0.3, -0.25) is 4.79 Å². The lowest BCUT2D eigenvalue weighted by atomic mass is 10.2. The van der Waals surface area contributed by atoms with E-state index in [9.17, 15) is 13.2 Å². The lowest BCUT2D eigenvalue weighted by Crippen LogP contribution is -2.37. The molecule has 0 heterocycles. The van der Waals surface area contributed by atoms with Crippen LogP contribution in [-0.4, -0.2) is 19.7 Å². The van der Waals surface area contributed by atoms with E-state index < -0.39 is 15.2 Å². The van der Waals surface area contributed by atoms with Crippen LogP contribution in [0.25, 0.3) is 0 Å². The number of sulfone groups is 1. The van der Waals surface area contributed by atoms with Crippen molar-refractivity contribution in [2.75, 3.05) is 0 Å². The van der Waals surface area contributed by atoms with Gasteiger partial charge in [-0.15, -0.1) is 0 Å². The smallest absolute Gasteiger partial charge is 0.217 e. The molecular formula is C11H15NO3S. The van der Waals surface area contributed by atoms with Gasteiger partial charge in [0.05, 0.1) is 4.90 Å². The predicted octanol–water partition coefficient (Wildman–Crippen LogP) is 1.25. The van der Waals surface area contributed by atoms with Crippen LogP contribution in [0.1, 0.15) is 19.4 Å². The number of amides is 1. The Hall–Kier alpha value is -1.36. The van der Waals surface area contributed by atoms with Crippen LogP contribution in [-0.2, 0) is 14.6 Å². The molecule has 1 aromatic carbocycles. The molecule has 0 aliphatic heterocycles. The van der Waals surface area contributed by atoms with Gasteiger partial charge < -0.3 is 5.32 Å². The summed E-state index contributed by atoms with van der Waals surface area (Å²) in [5.74, 6) is -0.358. The van der Waals surface area contributed by atoms with Gasteiger partial charge in [0.2, 0.25) is 5.91 Å². The van der Waals surface area contributed by atoms with Crippen molar-refractivity contribution in [1.82, 2.24) is 5.32 Å². The molecule has 1 amide bonds. The quantitative estimate of drug-likeness (QED) is 0.866. The van der Waals surface area contributed by atoms with Gasteiger partial charge in [0.1, 0.15) is 5.37 Å². The monoisotopic (exact) mass is 241 g/mol. The van der Waals surface area contributed by atoms with Crippen LogP contribution >= 0.6 is 0 Å². The predicted molar refractivity (Wildman–Crippen MR) is 61.6 cm³/mol. The molecular weight excluding hydrogens is 226 g/mol. The van der Waals surface area contributed by atoms with Gasteiger partial charge >= 0.3 is 0 Å². The summed E-state index contributed by atoms with van der Waals surface area (Å²) in [7, 11) is -3.48. The molecule has 0 fully saturated rings. The highest BCUT2D eigenvalue weighted by molar-refractivity contribution is 7.92. The van der Waals surface area contributed by atoms with E-state index in [1.165, 1.54) is 13.8 Å². The summed E-state index contributed by atoms with van der Waals surface area (Å²) in [6, 6.07) is 6.55. The molecule has 0 radical (unpaired) electrons. The Bertz CT molecular complexity index is 476. The topological polar surface area (TPSA) is 63.2 Å². The standard InChI is InChI=1S/C11H15NO3S/c1-8-4-6-11(7-5-8)16(14,15)10(3)12-9(2)13/h4-7,10H,1-3H3,(H,12,13). The van der Waals surface area contributed by atoms with Gasteiger partial charge in [0.15, 0.2) is 9.84 Å². The number of hydrogen-bond acceptors (Lipinski definition) is 3. The zero-order valence-corrected chi connectivity index (χ0v) is 10.3. The summed E-state index contributed by atoms with van der Waals surface area (Å²) in [5, 5.41) is 1.46. The molecule has 4 nitrogen and oxygen atoms in total. The zero-order chi connectivity index (χ0) is 12.3. The second kappa shape index (κ2) is 4.65. The van der Waals surface area contributed by atoms with Crippen LogP contribution in [0.4, 0.5) is 0 Å². The lowest BCUT2D eigenvalue weighted by Gasteiger charge is -2.13. The van der Waals surface area contributed by atoms with Gasteiger partial charge in [-0.2, -0.15) is 0 Å². The lowest BCUT2D eigenvalue weighted by molar-refractivity contribution is -0.119. The fraction of sp³-hybridized carbons (Fsp3) is 0.364. The molecule has 88 valence electrons. The number of aryl methyl sites for hydroxylation is 1. The van der Waals surface area contributed by atoms with Crippen molar-refractivity contribution >= 4 is 15.7 Å². The normalized spacial score (nSPS) is 13.2. The maximum atomic E-state index is 12.0. The molecule has 1 rings (SSSR count). The van der Waals surface area contributed by atoms with Crippen molar-refractivity contribution in [3.05, 3.63) is 29.8 Å². The first kappa shape index (κ1) is 12.7. The van der Waals surface area contributed by atoms with Crippen molar-refractivity contribution in [3.8, 4) is 0 Å². The first-order chi connectivity index (χ1) is 7.34. The summed E-state index contributed by atoms with van der Waals surface area (Å²) in [6.07, 6.45) is 0. The van der Waals surface area contributed by atoms with E-state index >= 15 is 0 Å². The second-order valence-corrected chi connectivity index (χ2v) is 5.97. The van der Waals surface area contributed by atoms with E-state index in [4.69, 9.17) is 0 Å². The molecule has 0 saturated carbocycles. The van der Waals surface area contributed by atoms with Crippen LogP contribution < -0.4 is 5.32 Å². The van der Waals surface area contributed by atoms with Crippen molar-refractivity contribution in [3.63, 3.8) is 0 Å². The molecule has 0 bridgehead atoms. The SMILES string of the molecule is CC(=O)NC(C)S(=O)(=O)c1ccc(C)cc1. The maximum Gasteiger partial charge on any atom is 0.217 e. The van der Waals surface area contributed by atoms with Gasteiger partial charge in [-0.05, 0) is 26.0 Å². The Balaban J connectivity index is 3.02. The molecule has 0 spiro atoms. The van der Waals surface area contributed by atoms with Crippen molar-refractivity contribution < 1.29 is 13.2 Å². The summed E-state index contributed by atoms with van der Waals surface area (Å²) in [5.41, 5.74) is 0.992. The van der Waals surface area contributed by atoms with Gasteiger partial charge in [0, 0.05) is 6.92 Å². The molecule has 1 unspecified atom stereocenters. The number of carbonyl (C=O) groups excluding carboxylic acids is 1. The van der Waals surface area contributed by atoms with Crippen LogP contribution in [0.2, 0.25) is 0 Å². The second-order valence-electron chi connectivity index (χ2n) is 3.70. The Morgan fingerprint density at radius 2 is 1.75 bits per heavy atom. The Morgan fingerprint density at radius 3 is 2.19 bits per heavy atom. The highest BCUT2D eigenvalue weighted by atomic mass is 32.2. The van der Waals surface area contributed by atoms with Crippen LogP contribution in [0.15, 0.2) is 29.2 Å². The average Bonchev–Trinajstić information content (AvgIpc) is 2.17. The highest BCUT2D eigenvalue weighted by Gasteiger charge is 2.23. The van der Waals surface area contributed by atoms with Gasteiger partial charge in [-0.1, -0.05) is 17.7 Å². The summed E-state index contributed by atoms with van der Waals surface area (Å²) in [4.78, 5) is 11.0. The van der Waals surface area contributed by atoms with E-state index in [2.05, 4.69) is 5.32 Å². The minimum Gasteiger partial charge on any atom is -0.340 e. The van der Waals surface area contributed by atoms with Crippen molar-refractivity contribution in [2.45, 2.75) is 31.0 Å². The van der Waals surface area contributed by atoms with Gasteiger partial charge in [-0.25, -0.2) is 8.42 Å². The molecule has 0 aromatic heterocycles. The molecule has 1 N–H and O–H groups in total. The van der Waals surface area contributed by atoms with Crippen molar-refractivity contribution in [1.29, 1.82) is 0 Å². The Kier molecular flexibility index (Phi) is 3.70. The maximum absolute atomic E-state index is 12.0. The van der Waals surface area contributed by atoms with Gasteiger partial charge in [0.25, 0.3) is 0 Å². The molecule has 1 aromatic rings. The number of rotatable bonds is 3. The third-order valence-corrected chi connectivity index (χ3v) is 4.20. The molecule has 0 aliphatic carbocycles. The highest BCUT2D eigenvalue weighted by Crippen LogP contribution is 2.15. The minimum absolute atomic E-state index is 0.222. The van der Waals surface area contributed by atoms with E-state index in [1.54, 1.807) is 24.3 Å². The molecule has 5 heteroatoms. The third kappa shape index (κ3) is 2.82. The zero-order valence-electron chi connectivity index (χ0n) is 9.52. The fourth-order valence-corrected chi connectivity index (χ4v) is 2.54. The molecule has 0 aliphatic rings. The summed E-state index contributed by atoms with van der Waals surface area (Å²) < 4.78 is 23.9. The largest absolute Gasteiger partial charge is 0.340 e. The number of carbonyl (C=O) groups is 1. The van der Waals surface area contributed by atoms with Crippen LogP contribution in [0.3, 0.4) is 0 Å². The fourth-order valence-electron chi connectivity index (χ4n) is 1.30. The average molecular weight is 241 g/mol. The summed E-state index contributed by atoms with van der Waals surface area (Å²) >= 11 is 0. The number of benzene rings is 1. The first-order valence-corrected chi connectivity index (χ1v) is 6.46. The van der Waals surface area contributed by atoms with Crippen LogP contribution in [0, 0.1) is 6.92 Å².